The van der Waals surface area contributed by atoms with E-state index in [1.54, 1.807) is 0 Å². The van der Waals surface area contributed by atoms with E-state index in [1.165, 1.54) is 19.3 Å². The molecular weight excluding hydrogens is 190 g/mol. The van der Waals surface area contributed by atoms with E-state index in [4.69, 9.17) is 10.8 Å². The topological polar surface area (TPSA) is 63.3 Å². The van der Waals surface area contributed by atoms with Crippen LogP contribution in [0.1, 0.15) is 39.0 Å². The Morgan fingerprint density at radius 3 is 2.80 bits per heavy atom. The van der Waals surface area contributed by atoms with Gasteiger partial charge >= 0.3 is 5.97 Å². The molecule has 2 aliphatic rings. The smallest absolute Gasteiger partial charge is 0.303 e. The van der Waals surface area contributed by atoms with Gasteiger partial charge in [-0.3, -0.25) is 4.79 Å². The van der Waals surface area contributed by atoms with Crippen molar-refractivity contribution in [2.75, 3.05) is 6.54 Å². The predicted octanol–water partition coefficient (Wildman–Crippen LogP) is 1.86. The van der Waals surface area contributed by atoms with Crippen LogP contribution in [0.3, 0.4) is 0 Å². The summed E-state index contributed by atoms with van der Waals surface area (Å²) in [5.74, 6) is 1.52. The molecule has 0 heterocycles. The number of nitrogens with two attached hydrogens (primary N) is 1. The molecule has 2 fully saturated rings. The van der Waals surface area contributed by atoms with Crippen LogP contribution in [-0.2, 0) is 4.79 Å². The van der Waals surface area contributed by atoms with Gasteiger partial charge in [0.1, 0.15) is 0 Å². The molecule has 3 heteroatoms. The summed E-state index contributed by atoms with van der Waals surface area (Å²) in [6, 6.07) is 0. The summed E-state index contributed by atoms with van der Waals surface area (Å²) in [4.78, 5) is 10.9. The van der Waals surface area contributed by atoms with Gasteiger partial charge in [0.25, 0.3) is 0 Å². The van der Waals surface area contributed by atoms with Crippen LogP contribution in [0, 0.1) is 23.2 Å². The van der Waals surface area contributed by atoms with Gasteiger partial charge in [-0.25, -0.2) is 0 Å². The molecule has 2 rings (SSSR count). The van der Waals surface area contributed by atoms with Crippen molar-refractivity contribution in [2.45, 2.75) is 39.0 Å². The van der Waals surface area contributed by atoms with Crippen molar-refractivity contribution < 1.29 is 9.90 Å². The Balaban J connectivity index is 2.03. The average molecular weight is 211 g/mol. The van der Waals surface area contributed by atoms with Crippen LogP contribution in [-0.4, -0.2) is 17.6 Å². The van der Waals surface area contributed by atoms with Gasteiger partial charge < -0.3 is 10.8 Å². The monoisotopic (exact) mass is 211 g/mol. The maximum atomic E-state index is 10.9. The molecule has 0 saturated heterocycles. The second kappa shape index (κ2) is 3.78. The van der Waals surface area contributed by atoms with E-state index >= 15 is 0 Å². The molecule has 2 aliphatic carbocycles. The van der Waals surface area contributed by atoms with Crippen LogP contribution in [0.4, 0.5) is 0 Å². The van der Waals surface area contributed by atoms with Crippen LogP contribution in [0.2, 0.25) is 0 Å². The van der Waals surface area contributed by atoms with Crippen LogP contribution < -0.4 is 5.73 Å². The predicted molar refractivity (Wildman–Crippen MR) is 58.4 cm³/mol. The minimum absolute atomic E-state index is 0.0551. The van der Waals surface area contributed by atoms with Crippen LogP contribution in [0.25, 0.3) is 0 Å². The van der Waals surface area contributed by atoms with Crippen molar-refractivity contribution in [1.82, 2.24) is 0 Å². The molecule has 0 aromatic rings. The number of hydrogen-bond donors (Lipinski definition) is 2. The summed E-state index contributed by atoms with van der Waals surface area (Å²) in [6.45, 7) is 2.79. The van der Waals surface area contributed by atoms with E-state index in [2.05, 4.69) is 6.92 Å². The third kappa shape index (κ3) is 1.67. The quantitative estimate of drug-likeness (QED) is 0.746. The van der Waals surface area contributed by atoms with Crippen molar-refractivity contribution in [1.29, 1.82) is 0 Å². The third-order valence-electron chi connectivity index (χ3n) is 4.73. The number of aliphatic carboxylic acids is 1. The van der Waals surface area contributed by atoms with Crippen LogP contribution >= 0.6 is 0 Å². The molecule has 0 amide bonds. The van der Waals surface area contributed by atoms with E-state index in [1.807, 2.05) is 0 Å². The third-order valence-corrected chi connectivity index (χ3v) is 4.73. The lowest BCUT2D eigenvalue weighted by Crippen LogP contribution is -2.51. The maximum absolute atomic E-state index is 10.9. The van der Waals surface area contributed by atoms with Crippen LogP contribution in [0.15, 0.2) is 0 Å². The van der Waals surface area contributed by atoms with E-state index in [0.717, 1.165) is 18.3 Å². The first-order valence-electron chi connectivity index (χ1n) is 6.03. The van der Waals surface area contributed by atoms with E-state index in [9.17, 15) is 4.79 Å². The van der Waals surface area contributed by atoms with Crippen molar-refractivity contribution in [2.24, 2.45) is 28.9 Å². The van der Waals surface area contributed by atoms with Gasteiger partial charge in [-0.15, -0.1) is 0 Å². The molecule has 0 radical (unpaired) electrons. The molecule has 15 heavy (non-hydrogen) atoms. The van der Waals surface area contributed by atoms with Crippen LogP contribution in [0.5, 0.6) is 0 Å². The average Bonchev–Trinajstić information content (AvgIpc) is 2.53. The molecule has 0 spiro atoms. The molecule has 0 aromatic heterocycles. The zero-order valence-electron chi connectivity index (χ0n) is 9.41. The Labute approximate surface area is 91.0 Å². The van der Waals surface area contributed by atoms with Gasteiger partial charge in [-0.2, -0.15) is 0 Å². The SMILES string of the molecule is CC[C@@H]1C[C@@H]2C[C@](CN)(CC(=O)O)[C@@H]2C1. The molecular formula is C12H21NO2. The number of hydrogen-bond acceptors (Lipinski definition) is 2. The summed E-state index contributed by atoms with van der Waals surface area (Å²) < 4.78 is 0. The number of rotatable bonds is 4. The summed E-state index contributed by atoms with van der Waals surface area (Å²) in [7, 11) is 0. The van der Waals surface area contributed by atoms with Gasteiger partial charge in [0, 0.05) is 0 Å². The van der Waals surface area contributed by atoms with Gasteiger partial charge in [-0.05, 0) is 49.0 Å². The molecule has 4 atom stereocenters. The van der Waals surface area contributed by atoms with Gasteiger partial charge in [0.05, 0.1) is 6.42 Å². The molecule has 2 saturated carbocycles. The second-order valence-electron chi connectivity index (χ2n) is 5.45. The molecule has 3 N–H and O–H groups in total. The van der Waals surface area contributed by atoms with E-state index in [-0.39, 0.29) is 11.8 Å². The second-order valence-corrected chi connectivity index (χ2v) is 5.45. The summed E-state index contributed by atoms with van der Waals surface area (Å²) in [5.41, 5.74) is 5.74. The first-order chi connectivity index (χ1) is 7.11. The van der Waals surface area contributed by atoms with Crippen molar-refractivity contribution in [3.8, 4) is 0 Å². The molecule has 0 bridgehead atoms. The van der Waals surface area contributed by atoms with E-state index in [0.29, 0.717) is 12.5 Å². The highest BCUT2D eigenvalue weighted by Crippen LogP contribution is 2.62. The molecule has 0 aliphatic heterocycles. The highest BCUT2D eigenvalue weighted by molar-refractivity contribution is 5.68. The molecule has 86 valence electrons. The molecule has 0 aromatic carbocycles. The fourth-order valence-electron chi connectivity index (χ4n) is 3.87. The lowest BCUT2D eigenvalue weighted by molar-refractivity contribution is -0.145. The highest BCUT2D eigenvalue weighted by atomic mass is 16.4. The van der Waals surface area contributed by atoms with Crippen molar-refractivity contribution in [3.63, 3.8) is 0 Å². The summed E-state index contributed by atoms with van der Waals surface area (Å²) in [6.07, 6.45) is 5.09. The van der Waals surface area contributed by atoms with Gasteiger partial charge in [-0.1, -0.05) is 13.3 Å². The first kappa shape index (κ1) is 10.9. The highest BCUT2D eigenvalue weighted by Gasteiger charge is 2.57. The van der Waals surface area contributed by atoms with E-state index < -0.39 is 5.97 Å². The number of carboxylic acids is 1. The summed E-state index contributed by atoms with van der Waals surface area (Å²) >= 11 is 0. The fourth-order valence-corrected chi connectivity index (χ4v) is 3.87. The fraction of sp³-hybridized carbons (Fsp3) is 0.917. The largest absolute Gasteiger partial charge is 0.481 e. The van der Waals surface area contributed by atoms with Gasteiger partial charge in [0.15, 0.2) is 0 Å². The molecule has 3 nitrogen and oxygen atoms in total. The Hall–Kier alpha value is -0.570. The minimum atomic E-state index is -0.682. The normalized spacial score (nSPS) is 43.5. The Kier molecular flexibility index (Phi) is 2.75. The van der Waals surface area contributed by atoms with Gasteiger partial charge in [0.2, 0.25) is 0 Å². The van der Waals surface area contributed by atoms with Crippen molar-refractivity contribution >= 4 is 5.97 Å². The Bertz CT molecular complexity index is 266. The zero-order chi connectivity index (χ0) is 11.1. The number of fused-ring (bicyclic) bond motifs is 1. The lowest BCUT2D eigenvalue weighted by atomic mass is 9.53. The standard InChI is InChI=1S/C12H21NO2/c1-2-8-3-9-5-12(7-13,6-11(14)15)10(9)4-8/h8-10H,2-7,13H2,1H3,(H,14,15)/t8-,9-,10-,12-/m1/s1. The van der Waals surface area contributed by atoms with Crippen molar-refractivity contribution in [3.05, 3.63) is 0 Å². The molecule has 0 unspecified atom stereocenters. The lowest BCUT2D eigenvalue weighted by Gasteiger charge is -2.51. The summed E-state index contributed by atoms with van der Waals surface area (Å²) in [5, 5.41) is 8.93. The zero-order valence-corrected chi connectivity index (χ0v) is 9.41. The Morgan fingerprint density at radius 1 is 1.53 bits per heavy atom. The minimum Gasteiger partial charge on any atom is -0.481 e. The number of carboxylic acid groups (broad SMARTS) is 1. The first-order valence-corrected chi connectivity index (χ1v) is 6.03. The number of carbonyl (C=O) groups is 1. The Morgan fingerprint density at radius 2 is 2.27 bits per heavy atom. The maximum Gasteiger partial charge on any atom is 0.303 e.